The number of anilines is 1. The molecule has 1 N–H and O–H groups in total. The number of hydrogen-bond donors (Lipinski definition) is 1. The molecule has 2 heterocycles. The third-order valence-electron chi connectivity index (χ3n) is 4.72. The molecule has 1 fully saturated rings. The molecule has 0 aliphatic carbocycles. The highest BCUT2D eigenvalue weighted by Crippen LogP contribution is 2.32. The SMILES string of the molecule is c1cc(CCC2COc3ccccc3O2)cc(N2CCNCC2)c1. The molecule has 0 spiro atoms. The van der Waals surface area contributed by atoms with Crippen LogP contribution in [0.5, 0.6) is 11.5 Å². The number of fused-ring (bicyclic) bond motifs is 1. The van der Waals surface area contributed by atoms with Crippen molar-refractivity contribution in [2.45, 2.75) is 18.9 Å². The first-order valence-corrected chi connectivity index (χ1v) is 8.81. The van der Waals surface area contributed by atoms with Gasteiger partial charge in [0.15, 0.2) is 11.5 Å². The van der Waals surface area contributed by atoms with Crippen molar-refractivity contribution in [1.29, 1.82) is 0 Å². The van der Waals surface area contributed by atoms with Gasteiger partial charge in [-0.3, -0.25) is 0 Å². The second-order valence-electron chi connectivity index (χ2n) is 6.44. The highest BCUT2D eigenvalue weighted by atomic mass is 16.6. The zero-order valence-electron chi connectivity index (χ0n) is 13.9. The first-order valence-electron chi connectivity index (χ1n) is 8.81. The Bertz CT molecular complexity index is 683. The summed E-state index contributed by atoms with van der Waals surface area (Å²) in [6.45, 7) is 4.93. The fourth-order valence-electron chi connectivity index (χ4n) is 3.36. The van der Waals surface area contributed by atoms with E-state index in [4.69, 9.17) is 9.47 Å². The summed E-state index contributed by atoms with van der Waals surface area (Å²) in [6.07, 6.45) is 2.11. The summed E-state index contributed by atoms with van der Waals surface area (Å²) < 4.78 is 11.9. The molecule has 4 nitrogen and oxygen atoms in total. The van der Waals surface area contributed by atoms with Crippen LogP contribution in [0.3, 0.4) is 0 Å². The Hall–Kier alpha value is -2.20. The number of nitrogens with zero attached hydrogens (tertiary/aromatic N) is 1. The molecule has 1 saturated heterocycles. The summed E-state index contributed by atoms with van der Waals surface area (Å²) in [4.78, 5) is 2.45. The molecule has 126 valence electrons. The molecule has 0 amide bonds. The van der Waals surface area contributed by atoms with Crippen molar-refractivity contribution < 1.29 is 9.47 Å². The van der Waals surface area contributed by atoms with Gasteiger partial charge in [0.05, 0.1) is 0 Å². The molecule has 2 aromatic rings. The zero-order chi connectivity index (χ0) is 16.2. The molecule has 4 heteroatoms. The number of rotatable bonds is 4. The first-order chi connectivity index (χ1) is 11.9. The van der Waals surface area contributed by atoms with Crippen LogP contribution in [0.15, 0.2) is 48.5 Å². The van der Waals surface area contributed by atoms with E-state index in [1.165, 1.54) is 11.3 Å². The Morgan fingerprint density at radius 2 is 1.83 bits per heavy atom. The average molecular weight is 324 g/mol. The number of nitrogens with one attached hydrogen (secondary N) is 1. The van der Waals surface area contributed by atoms with Crippen molar-refractivity contribution >= 4 is 5.69 Å². The minimum Gasteiger partial charge on any atom is -0.486 e. The lowest BCUT2D eigenvalue weighted by Crippen LogP contribution is -2.43. The van der Waals surface area contributed by atoms with Crippen LogP contribution < -0.4 is 19.7 Å². The molecule has 0 saturated carbocycles. The first kappa shape index (κ1) is 15.3. The van der Waals surface area contributed by atoms with Crippen LogP contribution >= 0.6 is 0 Å². The average Bonchev–Trinajstić information content (AvgIpc) is 2.67. The van der Waals surface area contributed by atoms with E-state index in [1.54, 1.807) is 0 Å². The molecule has 0 bridgehead atoms. The van der Waals surface area contributed by atoms with E-state index in [9.17, 15) is 0 Å². The van der Waals surface area contributed by atoms with E-state index < -0.39 is 0 Å². The molecule has 2 aliphatic rings. The topological polar surface area (TPSA) is 33.7 Å². The van der Waals surface area contributed by atoms with Gasteiger partial charge in [-0.15, -0.1) is 0 Å². The van der Waals surface area contributed by atoms with Crippen molar-refractivity contribution in [3.8, 4) is 11.5 Å². The van der Waals surface area contributed by atoms with Gasteiger partial charge in [0.25, 0.3) is 0 Å². The summed E-state index contributed by atoms with van der Waals surface area (Å²) >= 11 is 0. The number of ether oxygens (including phenoxy) is 2. The largest absolute Gasteiger partial charge is 0.486 e. The van der Waals surface area contributed by atoms with E-state index in [2.05, 4.69) is 34.5 Å². The smallest absolute Gasteiger partial charge is 0.161 e. The lowest BCUT2D eigenvalue weighted by atomic mass is 10.1. The van der Waals surface area contributed by atoms with Crippen LogP contribution in [0, 0.1) is 0 Å². The second kappa shape index (κ2) is 7.14. The van der Waals surface area contributed by atoms with Gasteiger partial charge in [0.1, 0.15) is 12.7 Å². The number of aryl methyl sites for hydroxylation is 1. The van der Waals surface area contributed by atoms with Crippen molar-refractivity contribution in [1.82, 2.24) is 5.32 Å². The van der Waals surface area contributed by atoms with E-state index >= 15 is 0 Å². The molecule has 2 aliphatic heterocycles. The minimum absolute atomic E-state index is 0.128. The molecule has 2 aromatic carbocycles. The highest BCUT2D eigenvalue weighted by Gasteiger charge is 2.20. The maximum atomic E-state index is 6.06. The molecule has 0 radical (unpaired) electrons. The van der Waals surface area contributed by atoms with Gasteiger partial charge in [0.2, 0.25) is 0 Å². The Labute approximate surface area is 143 Å². The monoisotopic (exact) mass is 324 g/mol. The molecule has 4 rings (SSSR count). The third-order valence-corrected chi connectivity index (χ3v) is 4.72. The lowest BCUT2D eigenvalue weighted by Gasteiger charge is -2.30. The second-order valence-corrected chi connectivity index (χ2v) is 6.44. The van der Waals surface area contributed by atoms with Crippen molar-refractivity contribution in [2.75, 3.05) is 37.7 Å². The van der Waals surface area contributed by atoms with Gasteiger partial charge >= 0.3 is 0 Å². The van der Waals surface area contributed by atoms with Gasteiger partial charge in [0, 0.05) is 31.9 Å². The lowest BCUT2D eigenvalue weighted by molar-refractivity contribution is 0.0851. The molecule has 1 unspecified atom stereocenters. The van der Waals surface area contributed by atoms with Crippen molar-refractivity contribution in [3.05, 3.63) is 54.1 Å². The Morgan fingerprint density at radius 1 is 1.00 bits per heavy atom. The fraction of sp³-hybridized carbons (Fsp3) is 0.400. The summed E-state index contributed by atoms with van der Waals surface area (Å²) in [5.41, 5.74) is 2.70. The predicted octanol–water partition coefficient (Wildman–Crippen LogP) is 2.87. The molecule has 0 aromatic heterocycles. The van der Waals surface area contributed by atoms with E-state index in [0.717, 1.165) is 50.5 Å². The van der Waals surface area contributed by atoms with Crippen LogP contribution in [-0.4, -0.2) is 38.9 Å². The van der Waals surface area contributed by atoms with Crippen LogP contribution in [-0.2, 0) is 6.42 Å². The van der Waals surface area contributed by atoms with Crippen LogP contribution in [0.4, 0.5) is 5.69 Å². The Kier molecular flexibility index (Phi) is 4.56. The third kappa shape index (κ3) is 3.49. The Balaban J connectivity index is 1.36. The van der Waals surface area contributed by atoms with Crippen molar-refractivity contribution in [3.63, 3.8) is 0 Å². The summed E-state index contributed by atoms with van der Waals surface area (Å²) in [7, 11) is 0. The van der Waals surface area contributed by atoms with Crippen molar-refractivity contribution in [2.24, 2.45) is 0 Å². The molecular formula is C20H24N2O2. The normalized spacial score (nSPS) is 20.0. The number of hydrogen-bond acceptors (Lipinski definition) is 4. The molecule has 1 atom stereocenters. The van der Waals surface area contributed by atoms with Crippen LogP contribution in [0.2, 0.25) is 0 Å². The van der Waals surface area contributed by atoms with E-state index in [-0.39, 0.29) is 6.10 Å². The predicted molar refractivity (Wildman–Crippen MR) is 96.2 cm³/mol. The highest BCUT2D eigenvalue weighted by molar-refractivity contribution is 5.49. The quantitative estimate of drug-likeness (QED) is 0.938. The van der Waals surface area contributed by atoms with Gasteiger partial charge < -0.3 is 19.7 Å². The summed E-state index contributed by atoms with van der Waals surface area (Å²) in [5.74, 6) is 1.72. The fourth-order valence-corrected chi connectivity index (χ4v) is 3.36. The van der Waals surface area contributed by atoms with Gasteiger partial charge in [-0.25, -0.2) is 0 Å². The van der Waals surface area contributed by atoms with E-state index in [1.807, 2.05) is 24.3 Å². The maximum absolute atomic E-state index is 6.06. The van der Waals surface area contributed by atoms with Gasteiger partial charge in [-0.2, -0.15) is 0 Å². The van der Waals surface area contributed by atoms with E-state index in [0.29, 0.717) is 6.61 Å². The molecule has 24 heavy (non-hydrogen) atoms. The van der Waals surface area contributed by atoms with Crippen LogP contribution in [0.25, 0.3) is 0 Å². The number of piperazine rings is 1. The zero-order valence-corrected chi connectivity index (χ0v) is 13.9. The molecular weight excluding hydrogens is 300 g/mol. The minimum atomic E-state index is 0.128. The summed E-state index contributed by atoms with van der Waals surface area (Å²) in [6, 6.07) is 16.8. The van der Waals surface area contributed by atoms with Gasteiger partial charge in [-0.05, 0) is 42.7 Å². The Morgan fingerprint density at radius 3 is 2.71 bits per heavy atom. The standard InChI is InChI=1S/C20H24N2O2/c1-2-7-20-19(6-1)23-15-18(24-20)9-8-16-4-3-5-17(14-16)22-12-10-21-11-13-22/h1-7,14,18,21H,8-13,15H2. The number of benzene rings is 2. The van der Waals surface area contributed by atoms with Crippen LogP contribution in [0.1, 0.15) is 12.0 Å². The number of para-hydroxylation sites is 2. The maximum Gasteiger partial charge on any atom is 0.161 e. The van der Waals surface area contributed by atoms with Gasteiger partial charge in [-0.1, -0.05) is 24.3 Å². The summed E-state index contributed by atoms with van der Waals surface area (Å²) in [5, 5.41) is 3.40.